The molecule has 2 aromatic carbocycles. The van der Waals surface area contributed by atoms with Crippen molar-refractivity contribution in [1.29, 1.82) is 0 Å². The molecule has 470 valence electrons. The number of carbonyl (C=O) groups is 3. The Morgan fingerprint density at radius 2 is 1.18 bits per heavy atom. The summed E-state index contributed by atoms with van der Waals surface area (Å²) >= 11 is 1.63. The summed E-state index contributed by atoms with van der Waals surface area (Å²) in [6, 6.07) is 9.73. The van der Waals surface area contributed by atoms with Gasteiger partial charge < -0.3 is 68.1 Å². The van der Waals surface area contributed by atoms with Gasteiger partial charge in [-0.25, -0.2) is 27.3 Å². The van der Waals surface area contributed by atoms with Gasteiger partial charge in [-0.1, -0.05) is 13.0 Å². The number of amidine groups is 1. The first kappa shape index (κ1) is 69.5. The second-order valence-corrected chi connectivity index (χ2v) is 20.5. The predicted octanol–water partition coefficient (Wildman–Crippen LogP) is 4.45. The van der Waals surface area contributed by atoms with E-state index < -0.39 is 57.0 Å². The number of hydrogen-bond donors (Lipinski definition) is 3. The lowest BCUT2D eigenvalue weighted by Gasteiger charge is -2.36. The van der Waals surface area contributed by atoms with E-state index in [1.54, 1.807) is 11.3 Å². The third-order valence-corrected chi connectivity index (χ3v) is 13.9. The molecule has 84 heavy (non-hydrogen) atoms. The molecule has 3 N–H and O–H groups in total. The molecule has 0 spiro atoms. The van der Waals surface area contributed by atoms with Crippen molar-refractivity contribution in [3.8, 4) is 5.75 Å². The Hall–Kier alpha value is -5.25. The normalized spacial score (nSPS) is 13.7. The Morgan fingerprint density at radius 1 is 0.679 bits per heavy atom. The van der Waals surface area contributed by atoms with Gasteiger partial charge in [0.2, 0.25) is 17.4 Å². The van der Waals surface area contributed by atoms with Crippen molar-refractivity contribution in [3.63, 3.8) is 0 Å². The predicted molar refractivity (Wildman–Crippen MR) is 301 cm³/mol. The molecule has 0 bridgehead atoms. The van der Waals surface area contributed by atoms with Crippen LogP contribution in [0.4, 0.5) is 28.9 Å². The average Bonchev–Trinajstić information content (AvgIpc) is 3.20. The number of fused-ring (bicyclic) bond motifs is 1. The molecule has 23 nitrogen and oxygen atoms in total. The highest BCUT2D eigenvalue weighted by Crippen LogP contribution is 2.36. The van der Waals surface area contributed by atoms with E-state index in [2.05, 4.69) is 30.9 Å². The molecule has 1 aromatic heterocycles. The van der Waals surface area contributed by atoms with Gasteiger partial charge >= 0.3 is 5.97 Å². The Labute approximate surface area is 492 Å². The van der Waals surface area contributed by atoms with Gasteiger partial charge in [-0.05, 0) is 43.7 Å². The summed E-state index contributed by atoms with van der Waals surface area (Å²) in [6.07, 6.45) is 2.43. The minimum atomic E-state index is -3.98. The summed E-state index contributed by atoms with van der Waals surface area (Å²) < 4.78 is 136. The van der Waals surface area contributed by atoms with E-state index in [0.717, 1.165) is 60.3 Å². The lowest BCUT2D eigenvalue weighted by atomic mass is 10.1. The van der Waals surface area contributed by atoms with Crippen LogP contribution >= 0.6 is 11.3 Å². The van der Waals surface area contributed by atoms with Crippen LogP contribution in [0.15, 0.2) is 45.8 Å². The van der Waals surface area contributed by atoms with Crippen molar-refractivity contribution in [2.45, 2.75) is 44.6 Å². The molecule has 0 radical (unpaired) electrons. The molecule has 1 fully saturated rings. The summed E-state index contributed by atoms with van der Waals surface area (Å²) in [7, 11) is -3.98. The number of hydrogen-bond acceptors (Lipinski definition) is 22. The van der Waals surface area contributed by atoms with Gasteiger partial charge in [0.1, 0.15) is 10.7 Å². The number of hydroxylamine groups is 2. The number of ether oxygens (including phenoxy) is 11. The van der Waals surface area contributed by atoms with Gasteiger partial charge in [0.25, 0.3) is 11.8 Å². The third-order valence-electron chi connectivity index (χ3n) is 12.1. The summed E-state index contributed by atoms with van der Waals surface area (Å²) in [5.41, 5.74) is 9.19. The fraction of sp³-hybridized carbons (Fsp3) is 0.600. The van der Waals surface area contributed by atoms with Crippen LogP contribution in [0, 0.1) is 23.3 Å². The number of thiophene rings is 1. The first-order chi connectivity index (χ1) is 40.8. The van der Waals surface area contributed by atoms with Crippen LogP contribution in [0.25, 0.3) is 6.08 Å². The van der Waals surface area contributed by atoms with Crippen LogP contribution in [-0.2, 0) is 79.0 Å². The minimum absolute atomic E-state index is 0.0481. The first-order valence-corrected chi connectivity index (χ1v) is 29.8. The van der Waals surface area contributed by atoms with Crippen molar-refractivity contribution in [2.75, 3.05) is 183 Å². The molecule has 0 aliphatic carbocycles. The molecular formula is C55H78F4N6O17S2. The van der Waals surface area contributed by atoms with Gasteiger partial charge in [0.05, 0.1) is 156 Å². The molecule has 2 amide bonds. The highest BCUT2D eigenvalue weighted by molar-refractivity contribution is 7.72. The van der Waals surface area contributed by atoms with E-state index >= 15 is 0 Å². The van der Waals surface area contributed by atoms with Crippen LogP contribution in [0.1, 0.15) is 53.2 Å². The number of benzene rings is 2. The summed E-state index contributed by atoms with van der Waals surface area (Å²) in [5.74, 6) is -11.6. The number of halogens is 4. The second kappa shape index (κ2) is 40.2. The summed E-state index contributed by atoms with van der Waals surface area (Å²) in [5, 5.41) is 4.35. The Kier molecular flexibility index (Phi) is 33.3. The zero-order valence-electron chi connectivity index (χ0n) is 47.6. The Balaban J connectivity index is 0.745. The first-order valence-electron chi connectivity index (χ1n) is 27.8. The van der Waals surface area contributed by atoms with Gasteiger partial charge in [-0.3, -0.25) is 24.1 Å². The highest BCUT2D eigenvalue weighted by atomic mass is 32.2. The Bertz CT molecular complexity index is 2580. The van der Waals surface area contributed by atoms with E-state index in [4.69, 9.17) is 57.9 Å². The number of anilines is 1. The monoisotopic (exact) mass is 1230 g/mol. The molecule has 3 heterocycles. The topological polar surface area (TPSA) is 256 Å². The van der Waals surface area contributed by atoms with Gasteiger partial charge in [0.15, 0.2) is 22.3 Å². The van der Waals surface area contributed by atoms with Crippen molar-refractivity contribution in [1.82, 2.24) is 15.3 Å². The van der Waals surface area contributed by atoms with Crippen LogP contribution in [0.2, 0.25) is 0 Å². The molecule has 2 aliphatic rings. The number of nitrogens with two attached hydrogens (primary N) is 1. The SMILES string of the molecule is CCCN(OCC)C(=O)C1=Cc2sc(CN3CCN(c4cccc(C(=O)NCCOCCOCCOCCOCCOCCOCCOCCOCCOCCOCCC(=O)Oc5c(F)c(F)c([SH](=O)=O)c(F)c5F)c4)CC3)cc2N=C(N)C1. The number of nitrogens with zero attached hydrogens (tertiary/aromatic N) is 4. The summed E-state index contributed by atoms with van der Waals surface area (Å²) in [4.78, 5) is 53.3. The number of piperazine rings is 1. The van der Waals surface area contributed by atoms with Crippen molar-refractivity contribution >= 4 is 63.1 Å². The maximum absolute atomic E-state index is 13.9. The number of carbonyl (C=O) groups excluding carboxylic acids is 3. The summed E-state index contributed by atoms with van der Waals surface area (Å²) in [6.45, 7) is 15.5. The van der Waals surface area contributed by atoms with Crippen molar-refractivity contribution < 1.29 is 97.3 Å². The zero-order valence-corrected chi connectivity index (χ0v) is 49.3. The van der Waals surface area contributed by atoms with Crippen molar-refractivity contribution in [2.24, 2.45) is 10.7 Å². The number of amides is 2. The second-order valence-electron chi connectivity index (χ2n) is 18.3. The lowest BCUT2D eigenvalue weighted by molar-refractivity contribution is -0.180. The van der Waals surface area contributed by atoms with Crippen LogP contribution in [0.5, 0.6) is 5.75 Å². The number of nitrogens with one attached hydrogen (secondary N) is 1. The maximum Gasteiger partial charge on any atom is 0.313 e. The molecule has 0 saturated carbocycles. The molecule has 0 unspecified atom stereocenters. The maximum atomic E-state index is 13.9. The molecule has 1 saturated heterocycles. The number of esters is 1. The van der Waals surface area contributed by atoms with Gasteiger partial charge in [-0.15, -0.1) is 11.3 Å². The van der Waals surface area contributed by atoms with E-state index in [1.165, 1.54) is 5.06 Å². The largest absolute Gasteiger partial charge is 0.420 e. The standard InChI is InChI=1S/C55H78F4N6O17S2/c1-3-10-65(81-4-2)55(68)41-36-45-44(62-46(60)37-41)38-43(83-45)39-63-11-13-64(14-12-63)42-7-5-6-40(35-42)54(67)61-9-16-72-18-20-74-22-24-76-26-28-78-30-32-80-34-33-79-31-29-77-27-25-75-23-21-73-19-17-71-15-8-47(66)82-52-48(56)50(58)53(84(69)70)51(59)49(52)57/h5-7,35-36,38,84H,3-4,8-34,37,39H2,1-2H3,(H2,60,62)(H,61,67). The molecule has 0 atom stereocenters. The zero-order chi connectivity index (χ0) is 60.3. The third kappa shape index (κ3) is 25.0. The molecular weight excluding hydrogens is 1160 g/mol. The number of rotatable bonds is 44. The van der Waals surface area contributed by atoms with E-state index in [-0.39, 0.29) is 51.3 Å². The highest BCUT2D eigenvalue weighted by Gasteiger charge is 2.30. The van der Waals surface area contributed by atoms with E-state index in [0.29, 0.717) is 136 Å². The fourth-order valence-corrected chi connectivity index (χ4v) is 9.64. The van der Waals surface area contributed by atoms with Crippen LogP contribution in [0.3, 0.4) is 0 Å². The fourth-order valence-electron chi connectivity index (χ4n) is 8.01. The Morgan fingerprint density at radius 3 is 1.67 bits per heavy atom. The molecule has 5 rings (SSSR count). The van der Waals surface area contributed by atoms with Crippen LogP contribution in [-0.4, -0.2) is 220 Å². The molecule has 3 aromatic rings. The van der Waals surface area contributed by atoms with Crippen LogP contribution < -0.4 is 20.7 Å². The van der Waals surface area contributed by atoms with Gasteiger partial charge in [-0.2, -0.15) is 8.78 Å². The quantitative estimate of drug-likeness (QED) is 0.0134. The minimum Gasteiger partial charge on any atom is -0.420 e. The average molecular weight is 1240 g/mol. The number of thiol groups is 1. The molecule has 2 aliphatic heterocycles. The van der Waals surface area contributed by atoms with E-state index in [1.807, 2.05) is 44.2 Å². The smallest absolute Gasteiger partial charge is 0.313 e. The van der Waals surface area contributed by atoms with E-state index in [9.17, 15) is 40.4 Å². The lowest BCUT2D eigenvalue weighted by Crippen LogP contribution is -2.45. The van der Waals surface area contributed by atoms with Crippen molar-refractivity contribution in [3.05, 3.63) is 74.5 Å². The number of aliphatic imine (C=N–C) groups is 1. The molecule has 29 heteroatoms. The van der Waals surface area contributed by atoms with Gasteiger partial charge in [0, 0.05) is 73.9 Å².